The fourth-order valence-corrected chi connectivity index (χ4v) is 0.236. The maximum absolute atomic E-state index is 3.00. The average Bonchev–Trinajstić information content (AvgIpc) is 2.14. The van der Waals surface area contributed by atoms with Crippen LogP contribution in [-0.4, -0.2) is 0 Å². The standard InChI is InChI=1S/C5H10.C3H8.C2H6.C2H4/c1-3-5-4-2;1-3-2;2*1-2/h3,5H,4H2,1-2H3;3H2,1-2H3;1-2H3;1-2H2/b5-3+;;;. The lowest BCUT2D eigenvalue weighted by atomic mass is 10.4. The Kier molecular flexibility index (Phi) is 146. The lowest BCUT2D eigenvalue weighted by Crippen LogP contribution is -1.43. The van der Waals surface area contributed by atoms with Gasteiger partial charge < -0.3 is 0 Å². The Hall–Kier alpha value is -0.520. The molecular formula is C12H28. The van der Waals surface area contributed by atoms with E-state index in [1.807, 2.05) is 20.8 Å². The van der Waals surface area contributed by atoms with Crippen molar-refractivity contribution in [3.8, 4) is 0 Å². The van der Waals surface area contributed by atoms with Crippen molar-refractivity contribution in [2.75, 3.05) is 0 Å². The highest BCUT2D eigenvalue weighted by Crippen LogP contribution is 1.73. The lowest BCUT2D eigenvalue weighted by Gasteiger charge is -1.65. The zero-order valence-electron chi connectivity index (χ0n) is 9.98. The summed E-state index contributed by atoms with van der Waals surface area (Å²) in [6.45, 7) is 18.4. The van der Waals surface area contributed by atoms with Crippen molar-refractivity contribution in [2.24, 2.45) is 0 Å². The minimum atomic E-state index is 1.16. The van der Waals surface area contributed by atoms with Crippen LogP contribution in [-0.2, 0) is 0 Å². The average molecular weight is 172 g/mol. The number of allylic oxidation sites excluding steroid dienone is 2. The molecule has 0 aromatic heterocycles. The van der Waals surface area contributed by atoms with Gasteiger partial charge in [-0.25, -0.2) is 0 Å². The summed E-state index contributed by atoms with van der Waals surface area (Å²) >= 11 is 0. The third kappa shape index (κ3) is 311. The van der Waals surface area contributed by atoms with Crippen LogP contribution in [0.15, 0.2) is 25.3 Å². The van der Waals surface area contributed by atoms with E-state index >= 15 is 0 Å². The van der Waals surface area contributed by atoms with Gasteiger partial charge in [-0.2, -0.15) is 0 Å². The van der Waals surface area contributed by atoms with Crippen molar-refractivity contribution in [2.45, 2.75) is 54.4 Å². The van der Waals surface area contributed by atoms with E-state index in [0.717, 1.165) is 6.42 Å². The highest BCUT2D eigenvalue weighted by Gasteiger charge is 1.52. The topological polar surface area (TPSA) is 0 Å². The molecule has 0 saturated heterocycles. The van der Waals surface area contributed by atoms with Crippen LogP contribution in [0.4, 0.5) is 0 Å². The molecule has 0 N–H and O–H groups in total. The molecule has 0 aromatic rings. The minimum absolute atomic E-state index is 1.16. The second-order valence-corrected chi connectivity index (χ2v) is 1.68. The zero-order valence-corrected chi connectivity index (χ0v) is 9.98. The highest BCUT2D eigenvalue weighted by atomic mass is 13.6. The molecule has 0 fully saturated rings. The maximum atomic E-state index is 3.00. The quantitative estimate of drug-likeness (QED) is 0.476. The van der Waals surface area contributed by atoms with Crippen molar-refractivity contribution in [3.05, 3.63) is 25.3 Å². The first-order valence-corrected chi connectivity index (χ1v) is 4.94. The van der Waals surface area contributed by atoms with Crippen molar-refractivity contribution in [3.63, 3.8) is 0 Å². The molecule has 0 radical (unpaired) electrons. The van der Waals surface area contributed by atoms with Crippen LogP contribution in [0.25, 0.3) is 0 Å². The molecule has 0 heterocycles. The number of rotatable bonds is 1. The highest BCUT2D eigenvalue weighted by molar-refractivity contribution is 4.73. The Labute approximate surface area is 80.4 Å². The van der Waals surface area contributed by atoms with Crippen LogP contribution in [0.1, 0.15) is 54.4 Å². The smallest absolute Gasteiger partial charge is 0.0379 e. The second kappa shape index (κ2) is 77.8. The fourth-order valence-electron chi connectivity index (χ4n) is 0.236. The molecule has 0 atom stereocenters. The van der Waals surface area contributed by atoms with Crippen molar-refractivity contribution >= 4 is 0 Å². The summed E-state index contributed by atoms with van der Waals surface area (Å²) < 4.78 is 0. The van der Waals surface area contributed by atoms with Gasteiger partial charge in [0.05, 0.1) is 0 Å². The normalized spacial score (nSPS) is 6.50. The minimum Gasteiger partial charge on any atom is -0.106 e. The molecule has 0 saturated carbocycles. The van der Waals surface area contributed by atoms with Gasteiger partial charge in [-0.05, 0) is 13.3 Å². The van der Waals surface area contributed by atoms with Crippen LogP contribution < -0.4 is 0 Å². The van der Waals surface area contributed by atoms with E-state index in [1.54, 1.807) is 0 Å². The lowest BCUT2D eigenvalue weighted by molar-refractivity contribution is 1.09. The number of hydrogen-bond acceptors (Lipinski definition) is 0. The molecule has 0 aliphatic heterocycles. The Bertz CT molecular complexity index is 44.0. The van der Waals surface area contributed by atoms with E-state index in [9.17, 15) is 0 Å². The Morgan fingerprint density at radius 2 is 1.25 bits per heavy atom. The molecule has 0 bridgehead atoms. The summed E-state index contributed by atoms with van der Waals surface area (Å²) in [7, 11) is 0. The van der Waals surface area contributed by atoms with E-state index in [4.69, 9.17) is 0 Å². The van der Waals surface area contributed by atoms with E-state index in [1.165, 1.54) is 6.42 Å². The van der Waals surface area contributed by atoms with Crippen LogP contribution in [0.5, 0.6) is 0 Å². The largest absolute Gasteiger partial charge is 0.106 e. The molecule has 0 heteroatoms. The maximum Gasteiger partial charge on any atom is -0.0379 e. The van der Waals surface area contributed by atoms with Gasteiger partial charge in [-0.3, -0.25) is 0 Å². The van der Waals surface area contributed by atoms with Crippen LogP contribution in [0, 0.1) is 0 Å². The first-order chi connectivity index (χ1) is 5.83. The van der Waals surface area contributed by atoms with Gasteiger partial charge in [0.15, 0.2) is 0 Å². The Morgan fingerprint density at radius 1 is 1.00 bits per heavy atom. The second-order valence-electron chi connectivity index (χ2n) is 1.68. The predicted octanol–water partition coefficient (Wildman–Crippen LogP) is 5.22. The third-order valence-electron chi connectivity index (χ3n) is 0.471. The third-order valence-corrected chi connectivity index (χ3v) is 0.471. The van der Waals surface area contributed by atoms with Crippen LogP contribution >= 0.6 is 0 Å². The number of hydrogen-bond donors (Lipinski definition) is 0. The summed E-state index contributed by atoms with van der Waals surface area (Å²) in [5, 5.41) is 0. The molecule has 0 spiro atoms. The first kappa shape index (κ1) is 22.5. The molecule has 0 nitrogen and oxygen atoms in total. The summed E-state index contributed by atoms with van der Waals surface area (Å²) in [6, 6.07) is 0. The van der Waals surface area contributed by atoms with Crippen molar-refractivity contribution in [1.82, 2.24) is 0 Å². The van der Waals surface area contributed by atoms with Crippen LogP contribution in [0.3, 0.4) is 0 Å². The summed E-state index contributed by atoms with van der Waals surface area (Å²) in [4.78, 5) is 0. The van der Waals surface area contributed by atoms with Crippen molar-refractivity contribution in [1.29, 1.82) is 0 Å². The summed E-state index contributed by atoms with van der Waals surface area (Å²) in [5.74, 6) is 0. The van der Waals surface area contributed by atoms with E-state index in [-0.39, 0.29) is 0 Å². The first-order valence-electron chi connectivity index (χ1n) is 4.94. The predicted molar refractivity (Wildman–Crippen MR) is 63.7 cm³/mol. The monoisotopic (exact) mass is 172 g/mol. The molecule has 0 unspecified atom stereocenters. The van der Waals surface area contributed by atoms with Gasteiger partial charge >= 0.3 is 0 Å². The van der Waals surface area contributed by atoms with Gasteiger partial charge in [-0.15, -0.1) is 13.2 Å². The van der Waals surface area contributed by atoms with E-state index in [2.05, 4.69) is 46.1 Å². The summed E-state index contributed by atoms with van der Waals surface area (Å²) in [6.07, 6.45) is 6.59. The molecule has 76 valence electrons. The van der Waals surface area contributed by atoms with Gasteiger partial charge in [0, 0.05) is 0 Å². The molecule has 12 heavy (non-hydrogen) atoms. The zero-order chi connectivity index (χ0) is 10.8. The van der Waals surface area contributed by atoms with Gasteiger partial charge in [0.1, 0.15) is 0 Å². The molecule has 0 aromatic carbocycles. The SMILES string of the molecule is C/C=C/CC.C=C.CC.CCC. The Balaban J connectivity index is -0.0000000397. The van der Waals surface area contributed by atoms with Crippen molar-refractivity contribution < 1.29 is 0 Å². The molecule has 0 aliphatic rings. The molecule has 0 rings (SSSR count). The summed E-state index contributed by atoms with van der Waals surface area (Å²) in [5.41, 5.74) is 0. The van der Waals surface area contributed by atoms with Gasteiger partial charge in [0.25, 0.3) is 0 Å². The molecular weight excluding hydrogens is 144 g/mol. The molecule has 0 amide bonds. The van der Waals surface area contributed by atoms with Gasteiger partial charge in [0.2, 0.25) is 0 Å². The van der Waals surface area contributed by atoms with E-state index in [0.29, 0.717) is 0 Å². The van der Waals surface area contributed by atoms with Gasteiger partial charge in [-0.1, -0.05) is 53.2 Å². The van der Waals surface area contributed by atoms with Crippen LogP contribution in [0.2, 0.25) is 0 Å². The fraction of sp³-hybridized carbons (Fsp3) is 0.667. The van der Waals surface area contributed by atoms with E-state index < -0.39 is 0 Å². The Morgan fingerprint density at radius 3 is 1.25 bits per heavy atom. The molecule has 0 aliphatic carbocycles.